The first-order valence-corrected chi connectivity index (χ1v) is 12.1. The molecule has 2 aliphatic rings. The van der Waals surface area contributed by atoms with Gasteiger partial charge in [0.05, 0.1) is 24.2 Å². The zero-order valence-corrected chi connectivity index (χ0v) is 19.2. The summed E-state index contributed by atoms with van der Waals surface area (Å²) in [5, 5.41) is 24.5. The minimum atomic E-state index is -1.83. The smallest absolute Gasteiger partial charge is 0.255 e. The molecule has 1 fully saturated rings. The van der Waals surface area contributed by atoms with Crippen molar-refractivity contribution in [3.63, 3.8) is 0 Å². The van der Waals surface area contributed by atoms with E-state index in [0.29, 0.717) is 18.3 Å². The van der Waals surface area contributed by atoms with E-state index < -0.39 is 24.0 Å². The Balaban J connectivity index is 1.26. The number of thioether (sulfide) groups is 1. The summed E-state index contributed by atoms with van der Waals surface area (Å²) in [5.41, 5.74) is 2.22. The van der Waals surface area contributed by atoms with E-state index in [-0.39, 0.29) is 12.6 Å². The predicted molar refractivity (Wildman–Crippen MR) is 129 cm³/mol. The van der Waals surface area contributed by atoms with Crippen molar-refractivity contribution in [2.24, 2.45) is 4.99 Å². The molecule has 0 aliphatic carbocycles. The molecule has 0 aromatic heterocycles. The third-order valence-corrected chi connectivity index (χ3v) is 7.23. The van der Waals surface area contributed by atoms with Crippen LogP contribution in [-0.4, -0.2) is 69.1 Å². The van der Waals surface area contributed by atoms with Crippen LogP contribution in [0.15, 0.2) is 65.7 Å². The lowest BCUT2D eigenvalue weighted by molar-refractivity contribution is -0.153. The summed E-state index contributed by atoms with van der Waals surface area (Å²) in [6.45, 7) is 1.33. The van der Waals surface area contributed by atoms with E-state index in [1.165, 1.54) is 5.56 Å². The number of amides is 2. The average molecular weight is 468 g/mol. The topological polar surface area (TPSA) is 102 Å². The third kappa shape index (κ3) is 5.82. The molecule has 1 saturated heterocycles. The number of rotatable bonds is 8. The Morgan fingerprint density at radius 3 is 2.48 bits per heavy atom. The second-order valence-electron chi connectivity index (χ2n) is 8.37. The number of aliphatic imine (C=N–C) groups is 1. The van der Waals surface area contributed by atoms with Gasteiger partial charge >= 0.3 is 0 Å². The van der Waals surface area contributed by atoms with Crippen LogP contribution in [0.3, 0.4) is 0 Å². The fourth-order valence-corrected chi connectivity index (χ4v) is 5.43. The SMILES string of the molecule is O=C(NCC1=NCC(Cc2ccccc2)S1)[C@H](O)[C@@H](O)C(=O)N1CCCC1c1ccccc1. The molecular formula is C25H29N3O4S. The Labute approximate surface area is 197 Å². The molecule has 0 spiro atoms. The molecule has 2 aromatic rings. The van der Waals surface area contributed by atoms with Crippen LogP contribution in [0.25, 0.3) is 0 Å². The standard InChI is InChI=1S/C25H29N3O4S/c29-22(23(30)25(32)28-13-7-12-20(28)18-10-5-2-6-11-18)24(31)27-16-21-26-15-19(33-21)14-17-8-3-1-4-9-17/h1-6,8-11,19-20,22-23,29-30H,7,12-16H2,(H,27,31)/t19?,20?,22-,23-/m1/s1. The van der Waals surface area contributed by atoms with Gasteiger partial charge in [-0.3, -0.25) is 14.6 Å². The minimum Gasteiger partial charge on any atom is -0.380 e. The van der Waals surface area contributed by atoms with E-state index in [0.717, 1.165) is 29.9 Å². The number of likely N-dealkylation sites (tertiary alicyclic amines) is 1. The van der Waals surface area contributed by atoms with Crippen molar-refractivity contribution in [2.45, 2.75) is 42.8 Å². The maximum absolute atomic E-state index is 12.9. The number of aliphatic hydroxyl groups is 2. The number of carbonyl (C=O) groups is 2. The van der Waals surface area contributed by atoms with Gasteiger partial charge in [-0.25, -0.2) is 0 Å². The molecule has 2 heterocycles. The molecule has 174 valence electrons. The highest BCUT2D eigenvalue weighted by Crippen LogP contribution is 2.32. The van der Waals surface area contributed by atoms with Crippen LogP contribution >= 0.6 is 11.8 Å². The highest BCUT2D eigenvalue weighted by atomic mass is 32.2. The van der Waals surface area contributed by atoms with Crippen LogP contribution in [0.2, 0.25) is 0 Å². The molecule has 3 N–H and O–H groups in total. The summed E-state index contributed by atoms with van der Waals surface area (Å²) >= 11 is 1.61. The van der Waals surface area contributed by atoms with E-state index in [9.17, 15) is 19.8 Å². The van der Waals surface area contributed by atoms with Crippen LogP contribution in [0.4, 0.5) is 0 Å². The largest absolute Gasteiger partial charge is 0.380 e. The van der Waals surface area contributed by atoms with Gasteiger partial charge in [0.2, 0.25) is 0 Å². The molecular weight excluding hydrogens is 438 g/mol. The maximum Gasteiger partial charge on any atom is 0.255 e. The fourth-order valence-electron chi connectivity index (χ4n) is 4.32. The molecule has 4 rings (SSSR count). The molecule has 2 amide bonds. The second kappa shape index (κ2) is 11.0. The quantitative estimate of drug-likeness (QED) is 0.551. The molecule has 2 unspecified atom stereocenters. The average Bonchev–Trinajstić information content (AvgIpc) is 3.52. The molecule has 7 nitrogen and oxygen atoms in total. The van der Waals surface area contributed by atoms with Gasteiger partial charge in [-0.1, -0.05) is 60.7 Å². The molecule has 4 atom stereocenters. The minimum absolute atomic E-state index is 0.158. The zero-order valence-electron chi connectivity index (χ0n) is 18.3. The lowest BCUT2D eigenvalue weighted by atomic mass is 10.0. The Hall–Kier alpha value is -2.68. The van der Waals surface area contributed by atoms with Crippen LogP contribution in [0.1, 0.15) is 30.0 Å². The molecule has 33 heavy (non-hydrogen) atoms. The number of hydrogen-bond donors (Lipinski definition) is 3. The summed E-state index contributed by atoms with van der Waals surface area (Å²) in [6.07, 6.45) is -1.16. The van der Waals surface area contributed by atoms with E-state index in [1.54, 1.807) is 16.7 Å². The lowest BCUT2D eigenvalue weighted by Gasteiger charge is -2.28. The van der Waals surface area contributed by atoms with Gasteiger partial charge in [-0.2, -0.15) is 0 Å². The number of carbonyl (C=O) groups excluding carboxylic acids is 2. The summed E-state index contributed by atoms with van der Waals surface area (Å²) in [4.78, 5) is 31.3. The van der Waals surface area contributed by atoms with Gasteiger partial charge in [-0.15, -0.1) is 11.8 Å². The van der Waals surface area contributed by atoms with Crippen LogP contribution in [-0.2, 0) is 16.0 Å². The first-order valence-electron chi connectivity index (χ1n) is 11.3. The van der Waals surface area contributed by atoms with Gasteiger partial charge < -0.3 is 20.4 Å². The molecule has 2 aliphatic heterocycles. The van der Waals surface area contributed by atoms with Crippen molar-refractivity contribution in [3.8, 4) is 0 Å². The van der Waals surface area contributed by atoms with E-state index in [1.807, 2.05) is 48.5 Å². The summed E-state index contributed by atoms with van der Waals surface area (Å²) in [5.74, 6) is -1.40. The van der Waals surface area contributed by atoms with Crippen molar-refractivity contribution in [1.82, 2.24) is 10.2 Å². The molecule has 0 bridgehead atoms. The normalized spacial score (nSPS) is 22.0. The van der Waals surface area contributed by atoms with Gasteiger partial charge in [0.25, 0.3) is 11.8 Å². The van der Waals surface area contributed by atoms with Crippen LogP contribution in [0, 0.1) is 0 Å². The fraction of sp³-hybridized carbons (Fsp3) is 0.400. The van der Waals surface area contributed by atoms with Crippen LogP contribution < -0.4 is 5.32 Å². The van der Waals surface area contributed by atoms with Gasteiger partial charge in [0.1, 0.15) is 0 Å². The molecule has 0 saturated carbocycles. The molecule has 0 radical (unpaired) electrons. The van der Waals surface area contributed by atoms with Crippen molar-refractivity contribution < 1.29 is 19.8 Å². The molecule has 8 heteroatoms. The number of benzene rings is 2. The van der Waals surface area contributed by atoms with Crippen LogP contribution in [0.5, 0.6) is 0 Å². The van der Waals surface area contributed by atoms with Gasteiger partial charge in [0, 0.05) is 11.8 Å². The van der Waals surface area contributed by atoms with Gasteiger partial charge in [0.15, 0.2) is 12.2 Å². The highest BCUT2D eigenvalue weighted by molar-refractivity contribution is 8.14. The number of nitrogens with zero attached hydrogens (tertiary/aromatic N) is 2. The van der Waals surface area contributed by atoms with E-state index in [4.69, 9.17) is 0 Å². The Bertz CT molecular complexity index is 986. The summed E-state index contributed by atoms with van der Waals surface area (Å²) in [6, 6.07) is 19.6. The first-order chi connectivity index (χ1) is 16.0. The Morgan fingerprint density at radius 1 is 1.06 bits per heavy atom. The maximum atomic E-state index is 12.9. The monoisotopic (exact) mass is 467 g/mol. The van der Waals surface area contributed by atoms with Crippen molar-refractivity contribution in [1.29, 1.82) is 0 Å². The highest BCUT2D eigenvalue weighted by Gasteiger charge is 2.38. The first kappa shape index (κ1) is 23.5. The second-order valence-corrected chi connectivity index (χ2v) is 9.75. The summed E-state index contributed by atoms with van der Waals surface area (Å²) < 4.78 is 0. The Morgan fingerprint density at radius 2 is 1.76 bits per heavy atom. The van der Waals surface area contributed by atoms with E-state index in [2.05, 4.69) is 22.4 Å². The Kier molecular flexibility index (Phi) is 7.80. The number of hydrogen-bond acceptors (Lipinski definition) is 6. The third-order valence-electron chi connectivity index (χ3n) is 6.03. The summed E-state index contributed by atoms with van der Waals surface area (Å²) in [7, 11) is 0. The number of nitrogens with one attached hydrogen (secondary N) is 1. The predicted octanol–water partition coefficient (Wildman–Crippen LogP) is 1.94. The van der Waals surface area contributed by atoms with Crippen molar-refractivity contribution in [2.75, 3.05) is 19.6 Å². The van der Waals surface area contributed by atoms with Crippen molar-refractivity contribution in [3.05, 3.63) is 71.8 Å². The zero-order chi connectivity index (χ0) is 23.2. The van der Waals surface area contributed by atoms with Crippen molar-refractivity contribution >= 4 is 28.6 Å². The van der Waals surface area contributed by atoms with Gasteiger partial charge in [-0.05, 0) is 30.4 Å². The van der Waals surface area contributed by atoms with E-state index >= 15 is 0 Å². The lowest BCUT2D eigenvalue weighted by Crippen LogP contribution is -2.51. The number of aliphatic hydroxyl groups excluding tert-OH is 2. The molecule has 2 aromatic carbocycles.